The fourth-order valence-corrected chi connectivity index (χ4v) is 3.54. The van der Waals surface area contributed by atoms with E-state index in [4.69, 9.17) is 5.73 Å². The minimum Gasteiger partial charge on any atom is -0.354 e. The van der Waals surface area contributed by atoms with Crippen LogP contribution in [0.4, 0.5) is 0 Å². The molecule has 144 valence electrons. The first-order valence-corrected chi connectivity index (χ1v) is 9.49. The fraction of sp³-hybridized carbons (Fsp3) is 0.450. The second-order valence-electron chi connectivity index (χ2n) is 6.88. The molecular weight excluding hydrogens is 342 g/mol. The van der Waals surface area contributed by atoms with Crippen LogP contribution in [0.2, 0.25) is 0 Å². The van der Waals surface area contributed by atoms with Gasteiger partial charge >= 0.3 is 0 Å². The normalized spacial score (nSPS) is 17.0. The van der Waals surface area contributed by atoms with Crippen LogP contribution in [0.5, 0.6) is 0 Å². The number of benzene rings is 1. The van der Waals surface area contributed by atoms with Gasteiger partial charge in [0.05, 0.1) is 23.1 Å². The van der Waals surface area contributed by atoms with Crippen LogP contribution in [0.25, 0.3) is 5.69 Å². The molecule has 7 nitrogen and oxygen atoms in total. The van der Waals surface area contributed by atoms with E-state index >= 15 is 0 Å². The molecule has 2 aromatic rings. The molecule has 1 aliphatic rings. The van der Waals surface area contributed by atoms with E-state index < -0.39 is 0 Å². The zero-order valence-electron chi connectivity index (χ0n) is 15.7. The Kier molecular flexibility index (Phi) is 6.24. The van der Waals surface area contributed by atoms with Gasteiger partial charge in [0.1, 0.15) is 0 Å². The molecule has 7 heteroatoms. The van der Waals surface area contributed by atoms with Crippen LogP contribution in [-0.2, 0) is 4.79 Å². The first-order valence-electron chi connectivity index (χ1n) is 9.49. The van der Waals surface area contributed by atoms with Crippen molar-refractivity contribution in [1.82, 2.24) is 20.0 Å². The molecule has 1 unspecified atom stereocenters. The van der Waals surface area contributed by atoms with Crippen molar-refractivity contribution in [3.05, 3.63) is 47.8 Å². The van der Waals surface area contributed by atoms with Gasteiger partial charge in [-0.2, -0.15) is 5.10 Å². The van der Waals surface area contributed by atoms with Crippen LogP contribution in [0.3, 0.4) is 0 Å². The summed E-state index contributed by atoms with van der Waals surface area (Å²) in [6.45, 7) is 3.41. The van der Waals surface area contributed by atoms with Gasteiger partial charge in [-0.3, -0.25) is 9.59 Å². The number of rotatable bonds is 6. The smallest absolute Gasteiger partial charge is 0.257 e. The predicted octanol–water partition coefficient (Wildman–Crippen LogP) is 1.64. The van der Waals surface area contributed by atoms with Crippen molar-refractivity contribution in [3.63, 3.8) is 0 Å². The second kappa shape index (κ2) is 8.81. The van der Waals surface area contributed by atoms with Gasteiger partial charge in [-0.25, -0.2) is 4.68 Å². The number of nitrogens with two attached hydrogens (primary N) is 1. The van der Waals surface area contributed by atoms with E-state index in [9.17, 15) is 9.59 Å². The summed E-state index contributed by atoms with van der Waals surface area (Å²) < 4.78 is 1.79. The van der Waals surface area contributed by atoms with E-state index in [2.05, 4.69) is 10.4 Å². The van der Waals surface area contributed by atoms with E-state index in [0.29, 0.717) is 31.6 Å². The zero-order valence-corrected chi connectivity index (χ0v) is 15.7. The summed E-state index contributed by atoms with van der Waals surface area (Å²) in [5.74, 6) is -0.0870. The van der Waals surface area contributed by atoms with Crippen molar-refractivity contribution < 1.29 is 9.59 Å². The molecule has 1 fully saturated rings. The van der Waals surface area contributed by atoms with Crippen molar-refractivity contribution in [2.75, 3.05) is 19.6 Å². The molecule has 1 aromatic heterocycles. The molecule has 1 aromatic carbocycles. The quantitative estimate of drug-likeness (QED) is 0.809. The highest BCUT2D eigenvalue weighted by molar-refractivity contribution is 5.95. The highest BCUT2D eigenvalue weighted by Gasteiger charge is 2.29. The van der Waals surface area contributed by atoms with Gasteiger partial charge in [0, 0.05) is 32.1 Å². The number of carbonyl (C=O) groups excluding carboxylic acids is 2. The minimum atomic E-state index is -0.0662. The Morgan fingerprint density at radius 3 is 2.78 bits per heavy atom. The van der Waals surface area contributed by atoms with Crippen LogP contribution in [0.1, 0.15) is 41.7 Å². The Labute approximate surface area is 159 Å². The number of nitrogens with zero attached hydrogens (tertiary/aromatic N) is 3. The molecule has 1 saturated heterocycles. The second-order valence-corrected chi connectivity index (χ2v) is 6.88. The van der Waals surface area contributed by atoms with E-state index in [1.165, 1.54) is 0 Å². The minimum absolute atomic E-state index is 0.00690. The Morgan fingerprint density at radius 2 is 2.04 bits per heavy atom. The highest BCUT2D eigenvalue weighted by atomic mass is 16.2. The molecule has 0 saturated carbocycles. The number of carbonyl (C=O) groups is 2. The van der Waals surface area contributed by atoms with Crippen molar-refractivity contribution >= 4 is 11.8 Å². The van der Waals surface area contributed by atoms with Crippen LogP contribution >= 0.6 is 0 Å². The van der Waals surface area contributed by atoms with E-state index in [1.807, 2.05) is 42.2 Å². The Morgan fingerprint density at radius 1 is 1.26 bits per heavy atom. The third-order valence-corrected chi connectivity index (χ3v) is 5.04. The number of likely N-dealkylation sites (tertiary alicyclic amines) is 1. The van der Waals surface area contributed by atoms with E-state index in [1.54, 1.807) is 10.9 Å². The van der Waals surface area contributed by atoms with Crippen LogP contribution in [-0.4, -0.2) is 52.2 Å². The molecule has 2 amide bonds. The SMILES string of the molecule is Cc1c(C(=O)N2CCCCC2CNC(=O)CCN)cnn1-c1ccccc1. The first kappa shape index (κ1) is 19.1. The number of amides is 2. The summed E-state index contributed by atoms with van der Waals surface area (Å²) >= 11 is 0. The van der Waals surface area contributed by atoms with Gasteiger partial charge in [0.15, 0.2) is 0 Å². The molecule has 0 aliphatic carbocycles. The number of aromatic nitrogens is 2. The lowest BCUT2D eigenvalue weighted by atomic mass is 10.0. The lowest BCUT2D eigenvalue weighted by Gasteiger charge is -2.35. The number of para-hydroxylation sites is 1. The summed E-state index contributed by atoms with van der Waals surface area (Å²) in [7, 11) is 0. The maximum Gasteiger partial charge on any atom is 0.257 e. The standard InChI is InChI=1S/C20H27N5O2/c1-15-18(14-23-25(15)16-7-3-2-4-8-16)20(27)24-12-6-5-9-17(24)13-22-19(26)10-11-21/h2-4,7-8,14,17H,5-6,9-13,21H2,1H3,(H,22,26). The Hall–Kier alpha value is -2.67. The summed E-state index contributed by atoms with van der Waals surface area (Å²) in [4.78, 5) is 26.8. The van der Waals surface area contributed by atoms with E-state index in [0.717, 1.165) is 30.6 Å². The van der Waals surface area contributed by atoms with Crippen molar-refractivity contribution in [3.8, 4) is 5.69 Å². The number of hydrogen-bond donors (Lipinski definition) is 2. The molecular formula is C20H27N5O2. The van der Waals surface area contributed by atoms with Gasteiger partial charge in [-0.05, 0) is 38.3 Å². The van der Waals surface area contributed by atoms with Gasteiger partial charge in [0.25, 0.3) is 5.91 Å². The lowest BCUT2D eigenvalue weighted by molar-refractivity contribution is -0.121. The van der Waals surface area contributed by atoms with Crippen LogP contribution in [0, 0.1) is 6.92 Å². The molecule has 27 heavy (non-hydrogen) atoms. The average molecular weight is 369 g/mol. The van der Waals surface area contributed by atoms with Gasteiger partial charge in [0.2, 0.25) is 5.91 Å². The summed E-state index contributed by atoms with van der Waals surface area (Å²) in [5, 5.41) is 7.31. The maximum atomic E-state index is 13.2. The highest BCUT2D eigenvalue weighted by Crippen LogP contribution is 2.22. The number of hydrogen-bond acceptors (Lipinski definition) is 4. The zero-order chi connectivity index (χ0) is 19.2. The van der Waals surface area contributed by atoms with Gasteiger partial charge in [-0.15, -0.1) is 0 Å². The van der Waals surface area contributed by atoms with Crippen molar-refractivity contribution in [2.24, 2.45) is 5.73 Å². The molecule has 3 rings (SSSR count). The summed E-state index contributed by atoms with van der Waals surface area (Å²) in [5.41, 5.74) is 7.78. The molecule has 0 spiro atoms. The Balaban J connectivity index is 1.75. The third kappa shape index (κ3) is 4.36. The van der Waals surface area contributed by atoms with Gasteiger partial charge in [-0.1, -0.05) is 18.2 Å². The first-order chi connectivity index (χ1) is 13.1. The molecule has 3 N–H and O–H groups in total. The average Bonchev–Trinajstić information content (AvgIpc) is 3.08. The van der Waals surface area contributed by atoms with Crippen molar-refractivity contribution in [2.45, 2.75) is 38.6 Å². The molecule has 0 bridgehead atoms. The molecule has 0 radical (unpaired) electrons. The third-order valence-electron chi connectivity index (χ3n) is 5.04. The summed E-state index contributed by atoms with van der Waals surface area (Å²) in [6, 6.07) is 9.78. The van der Waals surface area contributed by atoms with Gasteiger partial charge < -0.3 is 16.0 Å². The molecule has 2 heterocycles. The topological polar surface area (TPSA) is 93.2 Å². The predicted molar refractivity (Wildman–Crippen MR) is 104 cm³/mol. The monoisotopic (exact) mass is 369 g/mol. The van der Waals surface area contributed by atoms with Crippen LogP contribution in [0.15, 0.2) is 36.5 Å². The number of piperidine rings is 1. The van der Waals surface area contributed by atoms with Crippen molar-refractivity contribution in [1.29, 1.82) is 0 Å². The molecule has 1 aliphatic heterocycles. The summed E-state index contributed by atoms with van der Waals surface area (Å²) in [6.07, 6.45) is 4.88. The number of nitrogens with one attached hydrogen (secondary N) is 1. The van der Waals surface area contributed by atoms with E-state index in [-0.39, 0.29) is 17.9 Å². The largest absolute Gasteiger partial charge is 0.354 e. The Bertz CT molecular complexity index is 787. The fourth-order valence-electron chi connectivity index (χ4n) is 3.54. The lowest BCUT2D eigenvalue weighted by Crippen LogP contribution is -2.49. The molecule has 1 atom stereocenters. The maximum absolute atomic E-state index is 13.2. The van der Waals surface area contributed by atoms with Crippen LogP contribution < -0.4 is 11.1 Å².